The first-order valence-electron chi connectivity index (χ1n) is 5.77. The third-order valence-electron chi connectivity index (χ3n) is 3.64. The second kappa shape index (κ2) is 3.77. The van der Waals surface area contributed by atoms with Gasteiger partial charge in [0.25, 0.3) is 0 Å². The van der Waals surface area contributed by atoms with Crippen LogP contribution in [0.4, 0.5) is 0 Å². The summed E-state index contributed by atoms with van der Waals surface area (Å²) < 4.78 is 17.2. The Hall–Kier alpha value is -1.04. The number of fused-ring (bicyclic) bond motifs is 1. The molecule has 0 spiro atoms. The van der Waals surface area contributed by atoms with Crippen molar-refractivity contribution < 1.29 is 18.9 Å². The van der Waals surface area contributed by atoms with Gasteiger partial charge >= 0.3 is 6.69 Å². The largest absolute Gasteiger partial charge is 0.505 e. The van der Waals surface area contributed by atoms with E-state index in [4.69, 9.17) is 14.0 Å². The number of benzene rings is 1. The van der Waals surface area contributed by atoms with E-state index in [0.717, 1.165) is 37.5 Å². The summed E-state index contributed by atoms with van der Waals surface area (Å²) in [6.07, 6.45) is 0. The highest BCUT2D eigenvalue weighted by atomic mass is 16.6. The number of nitrogens with one attached hydrogen (secondary N) is 1. The Morgan fingerprint density at radius 1 is 1.19 bits per heavy atom. The Labute approximate surface area is 95.1 Å². The Bertz CT molecular complexity index is 389. The van der Waals surface area contributed by atoms with E-state index in [1.54, 1.807) is 7.11 Å². The SMILES string of the molecule is COc1ccccc1[B-]12OCC[NH+]1CCO2. The van der Waals surface area contributed by atoms with E-state index in [9.17, 15) is 0 Å². The molecular weight excluding hydrogens is 205 g/mol. The second-order valence-electron chi connectivity index (χ2n) is 4.35. The quantitative estimate of drug-likeness (QED) is 0.636. The topological polar surface area (TPSA) is 32.1 Å². The first-order valence-corrected chi connectivity index (χ1v) is 5.77. The lowest BCUT2D eigenvalue weighted by Gasteiger charge is -2.32. The average molecular weight is 221 g/mol. The van der Waals surface area contributed by atoms with E-state index in [2.05, 4.69) is 6.07 Å². The molecule has 2 aliphatic heterocycles. The van der Waals surface area contributed by atoms with Crippen molar-refractivity contribution >= 4 is 12.1 Å². The molecule has 5 heteroatoms. The fourth-order valence-corrected chi connectivity index (χ4v) is 2.88. The van der Waals surface area contributed by atoms with Gasteiger partial charge in [0.05, 0.1) is 39.2 Å². The van der Waals surface area contributed by atoms with Crippen molar-refractivity contribution in [3.63, 3.8) is 0 Å². The van der Waals surface area contributed by atoms with Crippen LogP contribution in [0.25, 0.3) is 0 Å². The molecule has 1 N–H and O–H groups in total. The molecule has 0 unspecified atom stereocenters. The number of hydrogen-bond acceptors (Lipinski definition) is 3. The number of methoxy groups -OCH3 is 1. The average Bonchev–Trinajstić information content (AvgIpc) is 2.88. The van der Waals surface area contributed by atoms with E-state index in [0.29, 0.717) is 0 Å². The van der Waals surface area contributed by atoms with Gasteiger partial charge < -0.3 is 18.9 Å². The molecule has 0 aliphatic carbocycles. The number of ether oxygens (including phenoxy) is 1. The van der Waals surface area contributed by atoms with E-state index < -0.39 is 6.69 Å². The summed E-state index contributed by atoms with van der Waals surface area (Å²) in [6.45, 7) is 2.24. The van der Waals surface area contributed by atoms with Crippen molar-refractivity contribution in [1.82, 2.24) is 0 Å². The molecule has 2 fully saturated rings. The van der Waals surface area contributed by atoms with Crippen LogP contribution in [0.15, 0.2) is 24.3 Å². The maximum absolute atomic E-state index is 5.92. The van der Waals surface area contributed by atoms with Gasteiger partial charge in [-0.2, -0.15) is 0 Å². The van der Waals surface area contributed by atoms with Gasteiger partial charge in [-0.3, -0.25) is 0 Å². The molecule has 0 bridgehead atoms. The summed E-state index contributed by atoms with van der Waals surface area (Å²) in [7, 11) is 1.69. The molecule has 4 nitrogen and oxygen atoms in total. The Morgan fingerprint density at radius 2 is 1.88 bits per heavy atom. The normalized spacial score (nSPS) is 32.7. The van der Waals surface area contributed by atoms with Crippen LogP contribution in [-0.2, 0) is 9.31 Å². The molecule has 2 aliphatic rings. The molecule has 2 saturated heterocycles. The highest BCUT2D eigenvalue weighted by molar-refractivity contribution is 6.75. The number of para-hydroxylation sites is 1. The molecule has 0 aromatic heterocycles. The molecule has 0 amide bonds. The lowest BCUT2D eigenvalue weighted by Crippen LogP contribution is -3.21. The zero-order valence-corrected chi connectivity index (χ0v) is 9.44. The first-order chi connectivity index (χ1) is 7.87. The van der Waals surface area contributed by atoms with Crippen LogP contribution in [0.3, 0.4) is 0 Å². The van der Waals surface area contributed by atoms with Crippen LogP contribution in [-0.4, -0.2) is 40.1 Å². The van der Waals surface area contributed by atoms with Crippen molar-refractivity contribution in [3.05, 3.63) is 24.3 Å². The summed E-state index contributed by atoms with van der Waals surface area (Å²) in [5.41, 5.74) is 1.06. The van der Waals surface area contributed by atoms with Crippen LogP contribution in [0.1, 0.15) is 0 Å². The summed E-state index contributed by atoms with van der Waals surface area (Å²) in [5.74, 6) is 0.865. The molecule has 1 aromatic rings. The number of rotatable bonds is 2. The highest BCUT2D eigenvalue weighted by Gasteiger charge is 2.52. The smallest absolute Gasteiger partial charge is 0.504 e. The van der Waals surface area contributed by atoms with Crippen molar-refractivity contribution in [2.24, 2.45) is 0 Å². The molecule has 0 saturated carbocycles. The Balaban J connectivity index is 2.07. The van der Waals surface area contributed by atoms with E-state index >= 15 is 0 Å². The molecule has 0 radical (unpaired) electrons. The zero-order valence-electron chi connectivity index (χ0n) is 9.44. The number of hydrogen-bond donors (Lipinski definition) is 1. The summed E-state index contributed by atoms with van der Waals surface area (Å²) in [6, 6.07) is 8.00. The number of quaternary nitrogens is 1. The molecule has 86 valence electrons. The lowest BCUT2D eigenvalue weighted by atomic mass is 9.63. The van der Waals surface area contributed by atoms with Crippen molar-refractivity contribution in [1.29, 1.82) is 0 Å². The van der Waals surface area contributed by atoms with E-state index in [1.807, 2.05) is 18.2 Å². The molecule has 16 heavy (non-hydrogen) atoms. The van der Waals surface area contributed by atoms with Crippen molar-refractivity contribution in [2.75, 3.05) is 33.4 Å². The van der Waals surface area contributed by atoms with Crippen LogP contribution in [0, 0.1) is 0 Å². The van der Waals surface area contributed by atoms with Crippen molar-refractivity contribution in [2.45, 2.75) is 0 Å². The van der Waals surface area contributed by atoms with Gasteiger partial charge in [-0.05, 0) is 11.5 Å². The third-order valence-corrected chi connectivity index (χ3v) is 3.64. The van der Waals surface area contributed by atoms with Crippen molar-refractivity contribution in [3.8, 4) is 5.75 Å². The molecule has 0 atom stereocenters. The van der Waals surface area contributed by atoms with Crippen LogP contribution >= 0.6 is 0 Å². The molecule has 1 aromatic carbocycles. The predicted molar refractivity (Wildman–Crippen MR) is 61.0 cm³/mol. The summed E-state index contributed by atoms with van der Waals surface area (Å²) in [4.78, 5) is 1.41. The summed E-state index contributed by atoms with van der Waals surface area (Å²) in [5, 5.41) is 0. The van der Waals surface area contributed by atoms with Gasteiger partial charge in [0, 0.05) is 0 Å². The standard InChI is InChI=1S/C11H16BNO3/c1-14-11-5-3-2-4-10(11)12-13(6-8-15-12)7-9-16-12/h2-5,13H,6-9H2,1H3. The van der Waals surface area contributed by atoms with Gasteiger partial charge in [-0.15, -0.1) is 0 Å². The van der Waals surface area contributed by atoms with Crippen LogP contribution in [0.2, 0.25) is 0 Å². The van der Waals surface area contributed by atoms with E-state index in [1.165, 1.54) is 4.81 Å². The zero-order chi connectivity index (χ0) is 11.0. The Morgan fingerprint density at radius 3 is 2.56 bits per heavy atom. The van der Waals surface area contributed by atoms with E-state index in [-0.39, 0.29) is 0 Å². The minimum absolute atomic E-state index is 0.771. The third kappa shape index (κ3) is 1.29. The molecule has 3 rings (SSSR count). The monoisotopic (exact) mass is 221 g/mol. The lowest BCUT2D eigenvalue weighted by molar-refractivity contribution is -0.781. The minimum atomic E-state index is -1.35. The fourth-order valence-electron chi connectivity index (χ4n) is 2.88. The minimum Gasteiger partial charge on any atom is -0.505 e. The van der Waals surface area contributed by atoms with Gasteiger partial charge in [0.2, 0.25) is 0 Å². The fraction of sp³-hybridized carbons (Fsp3) is 0.455. The summed E-state index contributed by atoms with van der Waals surface area (Å²) >= 11 is 0. The maximum Gasteiger partial charge on any atom is 0.504 e. The van der Waals surface area contributed by atoms with Gasteiger partial charge in [0.1, 0.15) is 0 Å². The first kappa shape index (κ1) is 10.1. The van der Waals surface area contributed by atoms with Crippen LogP contribution < -0.4 is 15.0 Å². The Kier molecular flexibility index (Phi) is 2.39. The molecule has 2 heterocycles. The van der Waals surface area contributed by atoms with Crippen LogP contribution in [0.5, 0.6) is 5.75 Å². The predicted octanol–water partition coefficient (Wildman–Crippen LogP) is -1.21. The maximum atomic E-state index is 5.92. The molecular formula is C11H16BNO3. The van der Waals surface area contributed by atoms with Gasteiger partial charge in [0.15, 0.2) is 0 Å². The van der Waals surface area contributed by atoms with Gasteiger partial charge in [-0.25, -0.2) is 0 Å². The van der Waals surface area contributed by atoms with Gasteiger partial charge in [-0.1, -0.05) is 18.2 Å². The second-order valence-corrected chi connectivity index (χ2v) is 4.35. The highest BCUT2D eigenvalue weighted by Crippen LogP contribution is 2.16.